The molecule has 0 fully saturated rings. The largest absolute Gasteiger partial charge is 0.481 e. The van der Waals surface area contributed by atoms with Crippen molar-refractivity contribution in [1.29, 1.82) is 0 Å². The van der Waals surface area contributed by atoms with Crippen molar-refractivity contribution in [2.45, 2.75) is 25.4 Å². The van der Waals surface area contributed by atoms with Crippen molar-refractivity contribution in [2.75, 3.05) is 0 Å². The van der Waals surface area contributed by atoms with E-state index < -0.39 is 28.9 Å². The number of carboxylic acids is 1. The average Bonchev–Trinajstić information content (AvgIpc) is 2.46. The topological polar surface area (TPSA) is 37.3 Å². The number of carbonyl (C=O) groups is 1. The molecule has 2 rings (SSSR count). The Morgan fingerprint density at radius 2 is 1.48 bits per heavy atom. The first-order valence-corrected chi connectivity index (χ1v) is 6.74. The maximum absolute atomic E-state index is 14.2. The maximum Gasteiger partial charge on any atom is 0.416 e. The standard InChI is InChI=1S/C17H14F4O2/c1-16(2,15(22)23)12-7-8-13(14(18)9-12)10-3-5-11(6-4-10)17(19,20)21/h3-9H,1-2H3,(H,22,23). The lowest BCUT2D eigenvalue weighted by atomic mass is 9.84. The van der Waals surface area contributed by atoms with Crippen LogP contribution in [0.15, 0.2) is 42.5 Å². The minimum absolute atomic E-state index is 0.115. The molecule has 0 spiro atoms. The normalized spacial score (nSPS) is 12.3. The Balaban J connectivity index is 2.41. The van der Waals surface area contributed by atoms with Crippen LogP contribution in [-0.2, 0) is 16.4 Å². The highest BCUT2D eigenvalue weighted by molar-refractivity contribution is 5.80. The van der Waals surface area contributed by atoms with E-state index in [-0.39, 0.29) is 16.7 Å². The van der Waals surface area contributed by atoms with Crippen LogP contribution in [0.1, 0.15) is 25.0 Å². The molecule has 0 saturated heterocycles. The van der Waals surface area contributed by atoms with Crippen LogP contribution >= 0.6 is 0 Å². The number of aliphatic carboxylic acids is 1. The van der Waals surface area contributed by atoms with E-state index in [1.54, 1.807) is 0 Å². The van der Waals surface area contributed by atoms with Crippen molar-refractivity contribution in [3.05, 3.63) is 59.4 Å². The van der Waals surface area contributed by atoms with E-state index >= 15 is 0 Å². The fraction of sp³-hybridized carbons (Fsp3) is 0.235. The minimum atomic E-state index is -4.45. The fourth-order valence-corrected chi connectivity index (χ4v) is 2.10. The maximum atomic E-state index is 14.2. The van der Waals surface area contributed by atoms with Gasteiger partial charge in [0.05, 0.1) is 11.0 Å². The third kappa shape index (κ3) is 3.36. The molecule has 0 aromatic heterocycles. The van der Waals surface area contributed by atoms with Crippen molar-refractivity contribution in [2.24, 2.45) is 0 Å². The van der Waals surface area contributed by atoms with E-state index in [4.69, 9.17) is 5.11 Å². The molecular weight excluding hydrogens is 312 g/mol. The van der Waals surface area contributed by atoms with E-state index in [9.17, 15) is 22.4 Å². The van der Waals surface area contributed by atoms with Gasteiger partial charge in [-0.3, -0.25) is 4.79 Å². The van der Waals surface area contributed by atoms with Crippen LogP contribution in [0.4, 0.5) is 17.6 Å². The highest BCUT2D eigenvalue weighted by atomic mass is 19.4. The summed E-state index contributed by atoms with van der Waals surface area (Å²) in [5.41, 5.74) is -1.40. The first-order chi connectivity index (χ1) is 10.5. The SMILES string of the molecule is CC(C)(C(=O)O)c1ccc(-c2ccc(C(F)(F)F)cc2)c(F)c1. The number of alkyl halides is 3. The van der Waals surface area contributed by atoms with E-state index in [0.29, 0.717) is 0 Å². The van der Waals surface area contributed by atoms with Crippen molar-refractivity contribution in [3.8, 4) is 11.1 Å². The Labute approximate surface area is 130 Å². The highest BCUT2D eigenvalue weighted by Gasteiger charge is 2.31. The molecule has 6 heteroatoms. The van der Waals surface area contributed by atoms with Crippen LogP contribution in [0.25, 0.3) is 11.1 Å². The Morgan fingerprint density at radius 3 is 1.91 bits per heavy atom. The van der Waals surface area contributed by atoms with E-state index in [1.165, 1.54) is 38.1 Å². The summed E-state index contributed by atoms with van der Waals surface area (Å²) in [6, 6.07) is 8.06. The van der Waals surface area contributed by atoms with Gasteiger partial charge in [0.15, 0.2) is 0 Å². The second kappa shape index (κ2) is 5.68. The van der Waals surface area contributed by atoms with Gasteiger partial charge in [0.25, 0.3) is 0 Å². The molecule has 0 unspecified atom stereocenters. The van der Waals surface area contributed by atoms with Gasteiger partial charge >= 0.3 is 12.1 Å². The van der Waals surface area contributed by atoms with Crippen molar-refractivity contribution < 1.29 is 27.5 Å². The monoisotopic (exact) mass is 326 g/mol. The van der Waals surface area contributed by atoms with Crippen molar-refractivity contribution in [3.63, 3.8) is 0 Å². The van der Waals surface area contributed by atoms with Crippen LogP contribution in [0.5, 0.6) is 0 Å². The predicted octanol–water partition coefficient (Wildman–Crippen LogP) is 4.87. The number of rotatable bonds is 3. The fourth-order valence-electron chi connectivity index (χ4n) is 2.10. The number of halogens is 4. The number of hydrogen-bond acceptors (Lipinski definition) is 1. The molecule has 0 aliphatic rings. The minimum Gasteiger partial charge on any atom is -0.481 e. The molecule has 23 heavy (non-hydrogen) atoms. The first-order valence-electron chi connectivity index (χ1n) is 6.74. The van der Waals surface area contributed by atoms with Crippen molar-refractivity contribution >= 4 is 5.97 Å². The second-order valence-corrected chi connectivity index (χ2v) is 5.70. The van der Waals surface area contributed by atoms with Crippen LogP contribution in [0.2, 0.25) is 0 Å². The zero-order valence-corrected chi connectivity index (χ0v) is 12.4. The molecule has 0 atom stereocenters. The summed E-state index contributed by atoms with van der Waals surface area (Å²) >= 11 is 0. The van der Waals surface area contributed by atoms with Gasteiger partial charge in [0.2, 0.25) is 0 Å². The highest BCUT2D eigenvalue weighted by Crippen LogP contribution is 2.33. The van der Waals surface area contributed by atoms with Crippen LogP contribution in [0.3, 0.4) is 0 Å². The molecule has 1 N–H and O–H groups in total. The Hall–Kier alpha value is -2.37. The quantitative estimate of drug-likeness (QED) is 0.817. The van der Waals surface area contributed by atoms with Gasteiger partial charge in [-0.15, -0.1) is 0 Å². The van der Waals surface area contributed by atoms with Gasteiger partial charge < -0.3 is 5.11 Å². The summed E-state index contributed by atoms with van der Waals surface area (Å²) < 4.78 is 51.8. The molecule has 0 radical (unpaired) electrons. The van der Waals surface area contributed by atoms with Gasteiger partial charge in [0, 0.05) is 5.56 Å². The zero-order chi connectivity index (χ0) is 17.4. The van der Waals surface area contributed by atoms with Gasteiger partial charge in [-0.25, -0.2) is 4.39 Å². The molecule has 0 saturated carbocycles. The molecule has 2 aromatic rings. The number of hydrogen-bond donors (Lipinski definition) is 1. The van der Waals surface area contributed by atoms with E-state index in [1.807, 2.05) is 0 Å². The molecule has 122 valence electrons. The lowest BCUT2D eigenvalue weighted by Gasteiger charge is -2.20. The molecule has 0 amide bonds. The Kier molecular flexibility index (Phi) is 4.20. The van der Waals surface area contributed by atoms with Gasteiger partial charge in [-0.2, -0.15) is 13.2 Å². The smallest absolute Gasteiger partial charge is 0.416 e. The Bertz CT molecular complexity index is 731. The summed E-state index contributed by atoms with van der Waals surface area (Å²) in [4.78, 5) is 11.2. The van der Waals surface area contributed by atoms with E-state index in [2.05, 4.69) is 0 Å². The van der Waals surface area contributed by atoms with Gasteiger partial charge in [-0.05, 0) is 43.2 Å². The number of carboxylic acid groups (broad SMARTS) is 1. The summed E-state index contributed by atoms with van der Waals surface area (Å²) in [5, 5.41) is 9.15. The van der Waals surface area contributed by atoms with Crippen molar-refractivity contribution in [1.82, 2.24) is 0 Å². The summed E-state index contributed by atoms with van der Waals surface area (Å²) in [6.45, 7) is 2.89. The van der Waals surface area contributed by atoms with Crippen LogP contribution in [0, 0.1) is 5.82 Å². The third-order valence-corrected chi connectivity index (χ3v) is 3.75. The first kappa shape index (κ1) is 17.0. The molecule has 0 bridgehead atoms. The van der Waals surface area contributed by atoms with Gasteiger partial charge in [-0.1, -0.05) is 24.3 Å². The molecule has 0 aliphatic heterocycles. The predicted molar refractivity (Wildman–Crippen MR) is 77.5 cm³/mol. The summed E-state index contributed by atoms with van der Waals surface area (Å²) in [6.07, 6.45) is -4.45. The molecule has 0 heterocycles. The third-order valence-electron chi connectivity index (χ3n) is 3.75. The summed E-state index contributed by atoms with van der Waals surface area (Å²) in [7, 11) is 0. The lowest BCUT2D eigenvalue weighted by molar-refractivity contribution is -0.142. The second-order valence-electron chi connectivity index (χ2n) is 5.70. The van der Waals surface area contributed by atoms with Gasteiger partial charge in [0.1, 0.15) is 5.82 Å². The summed E-state index contributed by atoms with van der Waals surface area (Å²) in [5.74, 6) is -1.78. The Morgan fingerprint density at radius 1 is 0.957 bits per heavy atom. The average molecular weight is 326 g/mol. The van der Waals surface area contributed by atoms with Crippen LogP contribution < -0.4 is 0 Å². The molecule has 0 aliphatic carbocycles. The lowest BCUT2D eigenvalue weighted by Crippen LogP contribution is -2.28. The molecule has 2 nitrogen and oxygen atoms in total. The van der Waals surface area contributed by atoms with Crippen LogP contribution in [-0.4, -0.2) is 11.1 Å². The molecular formula is C17H14F4O2. The molecule has 2 aromatic carbocycles. The number of benzene rings is 2. The van der Waals surface area contributed by atoms with E-state index in [0.717, 1.165) is 18.2 Å². The zero-order valence-electron chi connectivity index (χ0n) is 12.4.